The summed E-state index contributed by atoms with van der Waals surface area (Å²) in [4.78, 5) is 12.7. The number of amides is 1. The van der Waals surface area contributed by atoms with Gasteiger partial charge in [-0.25, -0.2) is 8.42 Å². The number of anilines is 1. The number of rotatable bonds is 6. The lowest BCUT2D eigenvalue weighted by Crippen LogP contribution is -2.45. The van der Waals surface area contributed by atoms with Crippen LogP contribution in [0.5, 0.6) is 5.75 Å². The molecule has 2 aromatic rings. The Hall–Kier alpha value is -2.09. The largest absolute Gasteiger partial charge is 0.497 e. The second kappa shape index (κ2) is 8.94. The van der Waals surface area contributed by atoms with E-state index in [4.69, 9.17) is 16.3 Å². The van der Waals surface area contributed by atoms with Gasteiger partial charge < -0.3 is 10.1 Å². The van der Waals surface area contributed by atoms with Gasteiger partial charge in [0.05, 0.1) is 12.0 Å². The number of halogens is 1. The number of piperidine rings is 1. The number of carbonyl (C=O) groups excluding carboxylic acids is 1. The highest BCUT2D eigenvalue weighted by Crippen LogP contribution is 2.28. The van der Waals surface area contributed by atoms with Gasteiger partial charge in [-0.05, 0) is 49.2 Å². The summed E-state index contributed by atoms with van der Waals surface area (Å²) in [5.74, 6) is 0.416. The van der Waals surface area contributed by atoms with Gasteiger partial charge >= 0.3 is 0 Å². The lowest BCUT2D eigenvalue weighted by Gasteiger charge is -2.34. The summed E-state index contributed by atoms with van der Waals surface area (Å²) in [6, 6.07) is 12.8. The molecule has 0 spiro atoms. The molecule has 1 amide bonds. The van der Waals surface area contributed by atoms with Gasteiger partial charge in [0.1, 0.15) is 5.75 Å². The summed E-state index contributed by atoms with van der Waals surface area (Å²) in [6.45, 7) is 0.405. The summed E-state index contributed by atoms with van der Waals surface area (Å²) in [5.41, 5.74) is 0.618. The summed E-state index contributed by atoms with van der Waals surface area (Å²) >= 11 is 5.87. The minimum absolute atomic E-state index is 0.101. The van der Waals surface area contributed by atoms with E-state index in [-0.39, 0.29) is 23.3 Å². The molecular formula is C20H23ClN2O4S. The molecule has 1 saturated heterocycles. The molecule has 8 heteroatoms. The Morgan fingerprint density at radius 1 is 1.21 bits per heavy atom. The van der Waals surface area contributed by atoms with Gasteiger partial charge in [0.2, 0.25) is 15.9 Å². The van der Waals surface area contributed by atoms with Crippen LogP contribution < -0.4 is 10.1 Å². The fourth-order valence-electron chi connectivity index (χ4n) is 3.36. The standard InChI is InChI=1S/C20H23ClN2O4S/c1-27-18-7-4-5-16(13-18)22-20(24)14-17-6-2-3-12-23(17)28(25,26)19-10-8-15(21)9-11-19/h4-5,7-11,13,17H,2-3,6,12,14H2,1H3,(H,22,24)/t17-/m1/s1. The van der Waals surface area contributed by atoms with E-state index in [0.29, 0.717) is 29.4 Å². The first-order chi connectivity index (χ1) is 13.4. The highest BCUT2D eigenvalue weighted by atomic mass is 35.5. The third-order valence-electron chi connectivity index (χ3n) is 4.77. The van der Waals surface area contributed by atoms with Gasteiger partial charge in [-0.1, -0.05) is 24.1 Å². The molecule has 1 aliphatic rings. The van der Waals surface area contributed by atoms with Crippen molar-refractivity contribution in [2.75, 3.05) is 19.0 Å². The monoisotopic (exact) mass is 422 g/mol. The van der Waals surface area contributed by atoms with Gasteiger partial charge in [0.25, 0.3) is 0 Å². The number of nitrogens with zero attached hydrogens (tertiary/aromatic N) is 1. The number of ether oxygens (including phenoxy) is 1. The molecule has 0 saturated carbocycles. The lowest BCUT2D eigenvalue weighted by molar-refractivity contribution is -0.117. The number of hydrogen-bond acceptors (Lipinski definition) is 4. The molecule has 0 bridgehead atoms. The molecule has 2 aromatic carbocycles. The molecule has 1 atom stereocenters. The van der Waals surface area contributed by atoms with E-state index in [1.165, 1.54) is 16.4 Å². The van der Waals surface area contributed by atoms with Crippen molar-refractivity contribution in [2.45, 2.75) is 36.6 Å². The number of nitrogens with one attached hydrogen (secondary N) is 1. The fraction of sp³-hybridized carbons (Fsp3) is 0.350. The molecule has 1 N–H and O–H groups in total. The van der Waals surface area contributed by atoms with E-state index in [0.717, 1.165) is 12.8 Å². The number of hydrogen-bond donors (Lipinski definition) is 1. The molecule has 3 rings (SSSR count). The van der Waals surface area contributed by atoms with Crippen LogP contribution in [0.2, 0.25) is 5.02 Å². The predicted molar refractivity (Wildman–Crippen MR) is 109 cm³/mol. The van der Waals surface area contributed by atoms with E-state index in [2.05, 4.69) is 5.32 Å². The maximum Gasteiger partial charge on any atom is 0.243 e. The highest BCUT2D eigenvalue weighted by molar-refractivity contribution is 7.89. The van der Waals surface area contributed by atoms with Crippen LogP contribution in [0.1, 0.15) is 25.7 Å². The summed E-state index contributed by atoms with van der Waals surface area (Å²) < 4.78 is 32.7. The number of carbonyl (C=O) groups is 1. The Morgan fingerprint density at radius 3 is 2.68 bits per heavy atom. The van der Waals surface area contributed by atoms with Crippen LogP contribution in [0, 0.1) is 0 Å². The van der Waals surface area contributed by atoms with Crippen molar-refractivity contribution in [2.24, 2.45) is 0 Å². The maximum atomic E-state index is 13.1. The van der Waals surface area contributed by atoms with Gasteiger partial charge in [0, 0.05) is 35.8 Å². The first-order valence-corrected chi connectivity index (χ1v) is 10.9. The molecule has 0 aromatic heterocycles. The van der Waals surface area contributed by atoms with Gasteiger partial charge in [-0.3, -0.25) is 4.79 Å². The molecule has 1 fully saturated rings. The zero-order chi connectivity index (χ0) is 20.1. The number of benzene rings is 2. The van der Waals surface area contributed by atoms with Gasteiger partial charge in [-0.2, -0.15) is 4.31 Å². The second-order valence-electron chi connectivity index (χ2n) is 6.70. The SMILES string of the molecule is COc1cccc(NC(=O)C[C@H]2CCCCN2S(=O)(=O)c2ccc(Cl)cc2)c1. The van der Waals surface area contributed by atoms with Crippen LogP contribution >= 0.6 is 11.6 Å². The third kappa shape index (κ3) is 4.84. The van der Waals surface area contributed by atoms with Crippen molar-refractivity contribution >= 4 is 33.2 Å². The average molecular weight is 423 g/mol. The molecule has 28 heavy (non-hydrogen) atoms. The zero-order valence-corrected chi connectivity index (χ0v) is 17.2. The van der Waals surface area contributed by atoms with Crippen LogP contribution in [0.15, 0.2) is 53.4 Å². The smallest absolute Gasteiger partial charge is 0.243 e. The van der Waals surface area contributed by atoms with E-state index in [1.807, 2.05) is 0 Å². The van der Waals surface area contributed by atoms with Crippen LogP contribution in [0.3, 0.4) is 0 Å². The normalized spacial score (nSPS) is 17.9. The van der Waals surface area contributed by atoms with Crippen LogP contribution in [-0.4, -0.2) is 38.3 Å². The molecular weight excluding hydrogens is 400 g/mol. The van der Waals surface area contributed by atoms with Crippen molar-refractivity contribution < 1.29 is 17.9 Å². The van der Waals surface area contributed by atoms with Crippen molar-refractivity contribution in [1.29, 1.82) is 0 Å². The van der Waals surface area contributed by atoms with Crippen molar-refractivity contribution in [3.8, 4) is 5.75 Å². The van der Waals surface area contributed by atoms with Gasteiger partial charge in [-0.15, -0.1) is 0 Å². The number of sulfonamides is 1. The van der Waals surface area contributed by atoms with Crippen molar-refractivity contribution in [3.05, 3.63) is 53.6 Å². The fourth-order valence-corrected chi connectivity index (χ4v) is 5.18. The molecule has 1 heterocycles. The maximum absolute atomic E-state index is 13.1. The molecule has 0 unspecified atom stereocenters. The quantitative estimate of drug-likeness (QED) is 0.765. The second-order valence-corrected chi connectivity index (χ2v) is 9.03. The van der Waals surface area contributed by atoms with Crippen LogP contribution in [0.25, 0.3) is 0 Å². The van der Waals surface area contributed by atoms with E-state index in [9.17, 15) is 13.2 Å². The van der Waals surface area contributed by atoms with Crippen molar-refractivity contribution in [3.63, 3.8) is 0 Å². The van der Waals surface area contributed by atoms with E-state index >= 15 is 0 Å². The minimum atomic E-state index is -3.68. The first-order valence-electron chi connectivity index (χ1n) is 9.11. The molecule has 1 aliphatic heterocycles. The molecule has 0 radical (unpaired) electrons. The first kappa shape index (κ1) is 20.6. The average Bonchev–Trinajstić information content (AvgIpc) is 2.68. The molecule has 150 valence electrons. The van der Waals surface area contributed by atoms with Crippen molar-refractivity contribution in [1.82, 2.24) is 4.31 Å². The van der Waals surface area contributed by atoms with Crippen LogP contribution in [0.4, 0.5) is 5.69 Å². The molecule has 6 nitrogen and oxygen atoms in total. The van der Waals surface area contributed by atoms with E-state index < -0.39 is 10.0 Å². The third-order valence-corrected chi connectivity index (χ3v) is 6.99. The highest BCUT2D eigenvalue weighted by Gasteiger charge is 2.34. The Balaban J connectivity index is 1.73. The Kier molecular flexibility index (Phi) is 6.59. The Labute approximate surface area is 170 Å². The van der Waals surface area contributed by atoms with E-state index in [1.54, 1.807) is 43.5 Å². The predicted octanol–water partition coefficient (Wildman–Crippen LogP) is 3.92. The Bertz CT molecular complexity index is 931. The topological polar surface area (TPSA) is 75.7 Å². The Morgan fingerprint density at radius 2 is 1.96 bits per heavy atom. The summed E-state index contributed by atoms with van der Waals surface area (Å²) in [6.07, 6.45) is 2.42. The number of methoxy groups -OCH3 is 1. The zero-order valence-electron chi connectivity index (χ0n) is 15.6. The van der Waals surface area contributed by atoms with Crippen LogP contribution in [-0.2, 0) is 14.8 Å². The van der Waals surface area contributed by atoms with Gasteiger partial charge in [0.15, 0.2) is 0 Å². The minimum Gasteiger partial charge on any atom is -0.497 e. The lowest BCUT2D eigenvalue weighted by atomic mass is 10.0. The summed E-state index contributed by atoms with van der Waals surface area (Å²) in [7, 11) is -2.12. The molecule has 0 aliphatic carbocycles. The summed E-state index contributed by atoms with van der Waals surface area (Å²) in [5, 5.41) is 3.30.